The molecule has 2 unspecified atom stereocenters. The van der Waals surface area contributed by atoms with E-state index in [2.05, 4.69) is 0 Å². The second-order valence-electron chi connectivity index (χ2n) is 3.61. The van der Waals surface area contributed by atoms with Crippen molar-refractivity contribution < 1.29 is 14.3 Å². The predicted molar refractivity (Wildman–Crippen MR) is 62.7 cm³/mol. The molecular weight excluding hydrogens is 214 g/mol. The highest BCUT2D eigenvalue weighted by Crippen LogP contribution is 2.06. The average Bonchev–Trinajstić information content (AvgIpc) is 2.22. The Kier molecular flexibility index (Phi) is 7.82. The first-order valence-electron chi connectivity index (χ1n) is 5.05. The van der Waals surface area contributed by atoms with Crippen molar-refractivity contribution in [2.24, 2.45) is 11.7 Å². The summed E-state index contributed by atoms with van der Waals surface area (Å²) in [5, 5.41) is 0. The minimum atomic E-state index is -0.539. The van der Waals surface area contributed by atoms with Gasteiger partial charge in [-0.15, -0.1) is 11.8 Å². The monoisotopic (exact) mass is 235 g/mol. The van der Waals surface area contributed by atoms with Crippen molar-refractivity contribution in [2.75, 3.05) is 19.5 Å². The number of thioether (sulfide) groups is 1. The molecule has 4 nitrogen and oxygen atoms in total. The number of ether oxygens (including phenoxy) is 2. The lowest BCUT2D eigenvalue weighted by atomic mass is 10.1. The molecule has 0 spiro atoms. The van der Waals surface area contributed by atoms with Crippen LogP contribution >= 0.6 is 11.8 Å². The summed E-state index contributed by atoms with van der Waals surface area (Å²) in [6.07, 6.45) is 1.96. The van der Waals surface area contributed by atoms with Crippen molar-refractivity contribution in [3.8, 4) is 0 Å². The second kappa shape index (κ2) is 7.96. The summed E-state index contributed by atoms with van der Waals surface area (Å²) in [5.41, 5.74) is 5.74. The molecule has 0 rings (SSSR count). The maximum atomic E-state index is 11.3. The molecule has 0 aliphatic rings. The number of nitrogens with two attached hydrogens (primary N) is 1. The van der Waals surface area contributed by atoms with Crippen molar-refractivity contribution in [1.29, 1.82) is 0 Å². The van der Waals surface area contributed by atoms with Gasteiger partial charge in [-0.1, -0.05) is 13.8 Å². The molecule has 90 valence electrons. The lowest BCUT2D eigenvalue weighted by Crippen LogP contribution is -2.37. The van der Waals surface area contributed by atoms with Gasteiger partial charge in [-0.2, -0.15) is 0 Å². The third kappa shape index (κ3) is 6.76. The van der Waals surface area contributed by atoms with Gasteiger partial charge in [-0.3, -0.25) is 4.79 Å². The molecule has 0 saturated heterocycles. The summed E-state index contributed by atoms with van der Waals surface area (Å²) in [6.45, 7) is 6.41. The van der Waals surface area contributed by atoms with Gasteiger partial charge in [0.05, 0.1) is 12.0 Å². The van der Waals surface area contributed by atoms with Crippen LogP contribution in [0.5, 0.6) is 0 Å². The largest absolute Gasteiger partial charge is 0.462 e. The van der Waals surface area contributed by atoms with Crippen molar-refractivity contribution >= 4 is 17.7 Å². The fourth-order valence-corrected chi connectivity index (χ4v) is 1.03. The first-order valence-corrected chi connectivity index (χ1v) is 6.34. The van der Waals surface area contributed by atoms with E-state index in [1.165, 1.54) is 0 Å². The van der Waals surface area contributed by atoms with Crippen molar-refractivity contribution in [3.63, 3.8) is 0 Å². The number of rotatable bonds is 7. The van der Waals surface area contributed by atoms with Gasteiger partial charge in [0.15, 0.2) is 0 Å². The van der Waals surface area contributed by atoms with Crippen LogP contribution in [0.15, 0.2) is 0 Å². The Morgan fingerprint density at radius 1 is 1.33 bits per heavy atom. The number of hydrogen-bond acceptors (Lipinski definition) is 5. The van der Waals surface area contributed by atoms with Gasteiger partial charge in [-0.05, 0) is 19.1 Å². The summed E-state index contributed by atoms with van der Waals surface area (Å²) in [7, 11) is 0. The predicted octanol–water partition coefficient (Wildman–Crippen LogP) is 1.24. The van der Waals surface area contributed by atoms with Gasteiger partial charge in [0.1, 0.15) is 12.6 Å². The van der Waals surface area contributed by atoms with E-state index in [-0.39, 0.29) is 23.9 Å². The Balaban J connectivity index is 3.55. The molecule has 15 heavy (non-hydrogen) atoms. The number of hydrogen-bond donors (Lipinski definition) is 1. The Bertz CT molecular complexity index is 188. The summed E-state index contributed by atoms with van der Waals surface area (Å²) >= 11 is 1.61. The highest BCUT2D eigenvalue weighted by molar-refractivity contribution is 7.99. The summed E-state index contributed by atoms with van der Waals surface area (Å²) in [5.74, 6) is -0.256. The zero-order valence-electron chi connectivity index (χ0n) is 9.86. The van der Waals surface area contributed by atoms with Crippen LogP contribution in [0.1, 0.15) is 20.8 Å². The molecule has 2 N–H and O–H groups in total. The van der Waals surface area contributed by atoms with Crippen molar-refractivity contribution in [3.05, 3.63) is 0 Å². The van der Waals surface area contributed by atoms with Gasteiger partial charge in [0.25, 0.3) is 0 Å². The molecule has 0 aromatic rings. The number of esters is 1. The maximum absolute atomic E-state index is 11.3. The lowest BCUT2D eigenvalue weighted by Gasteiger charge is -2.15. The average molecular weight is 235 g/mol. The molecule has 0 bridgehead atoms. The standard InChI is InChI=1S/C10H21NO3S/c1-7(2)9(11)10(12)14-6-5-13-8(3)15-4/h7-9H,5-6,11H2,1-4H3. The van der Waals surface area contributed by atoms with Crippen molar-refractivity contribution in [2.45, 2.75) is 32.2 Å². The van der Waals surface area contributed by atoms with Gasteiger partial charge >= 0.3 is 5.97 Å². The van der Waals surface area contributed by atoms with E-state index >= 15 is 0 Å². The normalized spacial score (nSPS) is 15.1. The first kappa shape index (κ1) is 14.7. The van der Waals surface area contributed by atoms with Crippen LogP contribution in [0.4, 0.5) is 0 Å². The van der Waals surface area contributed by atoms with E-state index in [0.717, 1.165) is 0 Å². The molecule has 2 atom stereocenters. The lowest BCUT2D eigenvalue weighted by molar-refractivity contribution is -0.147. The summed E-state index contributed by atoms with van der Waals surface area (Å²) in [4.78, 5) is 11.3. The zero-order valence-corrected chi connectivity index (χ0v) is 10.7. The maximum Gasteiger partial charge on any atom is 0.323 e. The van der Waals surface area contributed by atoms with E-state index in [0.29, 0.717) is 6.61 Å². The smallest absolute Gasteiger partial charge is 0.323 e. The van der Waals surface area contributed by atoms with E-state index < -0.39 is 6.04 Å². The van der Waals surface area contributed by atoms with Gasteiger partial charge in [-0.25, -0.2) is 0 Å². The summed E-state index contributed by atoms with van der Waals surface area (Å²) < 4.78 is 10.3. The minimum absolute atomic E-state index is 0.100. The third-order valence-electron chi connectivity index (χ3n) is 2.00. The highest BCUT2D eigenvalue weighted by atomic mass is 32.2. The Morgan fingerprint density at radius 3 is 2.40 bits per heavy atom. The third-order valence-corrected chi connectivity index (χ3v) is 2.80. The Hall–Kier alpha value is -0.260. The second-order valence-corrected chi connectivity index (χ2v) is 4.75. The van der Waals surface area contributed by atoms with Crippen molar-refractivity contribution in [1.82, 2.24) is 0 Å². The SMILES string of the molecule is CSC(C)OCCOC(=O)C(N)C(C)C. The molecular formula is C10H21NO3S. The zero-order chi connectivity index (χ0) is 11.8. The van der Waals surface area contributed by atoms with Crippen LogP contribution < -0.4 is 5.73 Å². The van der Waals surface area contributed by atoms with Crippen LogP contribution in [-0.4, -0.2) is 36.9 Å². The van der Waals surface area contributed by atoms with E-state index in [4.69, 9.17) is 15.2 Å². The molecule has 0 radical (unpaired) electrons. The molecule has 5 heteroatoms. The van der Waals surface area contributed by atoms with E-state index in [9.17, 15) is 4.79 Å². The molecule has 0 aliphatic carbocycles. The molecule has 0 fully saturated rings. The number of carbonyl (C=O) groups excluding carboxylic acids is 1. The van der Waals surface area contributed by atoms with Gasteiger partial charge < -0.3 is 15.2 Å². The summed E-state index contributed by atoms with van der Waals surface area (Å²) in [6, 6.07) is -0.539. The molecule has 0 amide bonds. The molecule has 0 heterocycles. The Labute approximate surface area is 95.9 Å². The quantitative estimate of drug-likeness (QED) is 0.408. The van der Waals surface area contributed by atoms with Crippen LogP contribution in [0.25, 0.3) is 0 Å². The molecule has 0 aromatic carbocycles. The van der Waals surface area contributed by atoms with Gasteiger partial charge in [0.2, 0.25) is 0 Å². The number of carbonyl (C=O) groups is 1. The van der Waals surface area contributed by atoms with Crippen LogP contribution in [-0.2, 0) is 14.3 Å². The van der Waals surface area contributed by atoms with E-state index in [1.807, 2.05) is 27.0 Å². The van der Waals surface area contributed by atoms with E-state index in [1.54, 1.807) is 11.8 Å². The highest BCUT2D eigenvalue weighted by Gasteiger charge is 2.18. The minimum Gasteiger partial charge on any atom is -0.462 e. The van der Waals surface area contributed by atoms with Gasteiger partial charge in [0, 0.05) is 0 Å². The van der Waals surface area contributed by atoms with Crippen LogP contribution in [0.2, 0.25) is 0 Å². The topological polar surface area (TPSA) is 61.5 Å². The molecule has 0 aliphatic heterocycles. The molecule has 0 saturated carbocycles. The molecule has 0 aromatic heterocycles. The van der Waals surface area contributed by atoms with Crippen LogP contribution in [0.3, 0.4) is 0 Å². The Morgan fingerprint density at radius 2 is 1.93 bits per heavy atom. The first-order chi connectivity index (χ1) is 6.99. The van der Waals surface area contributed by atoms with Crippen LogP contribution in [0, 0.1) is 5.92 Å². The fraction of sp³-hybridized carbons (Fsp3) is 0.900. The fourth-order valence-electron chi connectivity index (χ4n) is 0.793.